The largest absolute Gasteiger partial charge is 0.311 e. The van der Waals surface area contributed by atoms with Crippen LogP contribution in [-0.4, -0.2) is 36.6 Å². The summed E-state index contributed by atoms with van der Waals surface area (Å²) in [6, 6.07) is 1.33. The highest BCUT2D eigenvalue weighted by Crippen LogP contribution is 2.09. The number of nitrogens with one attached hydrogen (secondary N) is 1. The molecule has 2 unspecified atom stereocenters. The second-order valence-electron chi connectivity index (χ2n) is 5.83. The van der Waals surface area contributed by atoms with Crippen molar-refractivity contribution in [3.05, 3.63) is 0 Å². The van der Waals surface area contributed by atoms with Gasteiger partial charge in [0.1, 0.15) is 0 Å². The SMILES string of the molecule is CCCCCC(C)NC(C)CN1CCCCC1. The van der Waals surface area contributed by atoms with Crippen LogP contribution in [0.5, 0.6) is 0 Å². The van der Waals surface area contributed by atoms with Gasteiger partial charge in [0.2, 0.25) is 0 Å². The van der Waals surface area contributed by atoms with E-state index in [-0.39, 0.29) is 0 Å². The molecular weight excluding hydrogens is 208 g/mol. The van der Waals surface area contributed by atoms with Gasteiger partial charge in [-0.1, -0.05) is 32.6 Å². The molecule has 0 aromatic rings. The fourth-order valence-electron chi connectivity index (χ4n) is 2.85. The van der Waals surface area contributed by atoms with Gasteiger partial charge >= 0.3 is 0 Å². The molecule has 0 aliphatic carbocycles. The third-order valence-corrected chi connectivity index (χ3v) is 3.79. The molecule has 0 radical (unpaired) electrons. The van der Waals surface area contributed by atoms with Gasteiger partial charge in [-0.25, -0.2) is 0 Å². The molecule has 17 heavy (non-hydrogen) atoms. The van der Waals surface area contributed by atoms with Crippen molar-refractivity contribution >= 4 is 0 Å². The quantitative estimate of drug-likeness (QED) is 0.654. The normalized spacial score (nSPS) is 21.4. The smallest absolute Gasteiger partial charge is 0.0169 e. The fourth-order valence-corrected chi connectivity index (χ4v) is 2.85. The van der Waals surface area contributed by atoms with E-state index in [4.69, 9.17) is 0 Å². The van der Waals surface area contributed by atoms with Gasteiger partial charge in [0, 0.05) is 18.6 Å². The number of rotatable bonds is 8. The standard InChI is InChI=1S/C15H32N2/c1-4-5-7-10-14(2)16-15(3)13-17-11-8-6-9-12-17/h14-16H,4-13H2,1-3H3. The second-order valence-corrected chi connectivity index (χ2v) is 5.83. The maximum atomic E-state index is 3.74. The predicted octanol–water partition coefficient (Wildman–Crippen LogP) is 3.42. The molecule has 0 saturated carbocycles. The molecule has 0 bridgehead atoms. The molecule has 1 fully saturated rings. The number of hydrogen-bond donors (Lipinski definition) is 1. The Labute approximate surface area is 108 Å². The van der Waals surface area contributed by atoms with Gasteiger partial charge in [0.05, 0.1) is 0 Å². The molecule has 1 aliphatic heterocycles. The lowest BCUT2D eigenvalue weighted by molar-refractivity contribution is 0.204. The number of likely N-dealkylation sites (tertiary alicyclic amines) is 1. The molecule has 0 spiro atoms. The lowest BCUT2D eigenvalue weighted by Gasteiger charge is -2.30. The van der Waals surface area contributed by atoms with Crippen LogP contribution in [0.3, 0.4) is 0 Å². The summed E-state index contributed by atoms with van der Waals surface area (Å²) in [6.45, 7) is 10.8. The predicted molar refractivity (Wildman–Crippen MR) is 76.5 cm³/mol. The van der Waals surface area contributed by atoms with E-state index in [1.165, 1.54) is 64.6 Å². The van der Waals surface area contributed by atoms with Crippen LogP contribution in [0.4, 0.5) is 0 Å². The van der Waals surface area contributed by atoms with Gasteiger partial charge in [-0.05, 0) is 46.2 Å². The number of piperidine rings is 1. The molecule has 2 atom stereocenters. The summed E-state index contributed by atoms with van der Waals surface area (Å²) in [5.74, 6) is 0. The zero-order chi connectivity index (χ0) is 12.5. The number of unbranched alkanes of at least 4 members (excludes halogenated alkanes) is 2. The molecule has 2 heteroatoms. The van der Waals surface area contributed by atoms with E-state index in [1.54, 1.807) is 0 Å². The average Bonchev–Trinajstić information content (AvgIpc) is 2.30. The van der Waals surface area contributed by atoms with Gasteiger partial charge in [0.25, 0.3) is 0 Å². The summed E-state index contributed by atoms with van der Waals surface area (Å²) in [7, 11) is 0. The lowest BCUT2D eigenvalue weighted by Crippen LogP contribution is -2.44. The van der Waals surface area contributed by atoms with Crippen LogP contribution in [0.2, 0.25) is 0 Å². The Bertz CT molecular complexity index is 176. The van der Waals surface area contributed by atoms with Gasteiger partial charge in [-0.3, -0.25) is 0 Å². The average molecular weight is 240 g/mol. The Morgan fingerprint density at radius 1 is 1.00 bits per heavy atom. The molecule has 1 saturated heterocycles. The van der Waals surface area contributed by atoms with Crippen molar-refractivity contribution in [2.45, 2.75) is 77.8 Å². The summed E-state index contributed by atoms with van der Waals surface area (Å²) >= 11 is 0. The van der Waals surface area contributed by atoms with Gasteiger partial charge in [-0.15, -0.1) is 0 Å². The molecule has 1 heterocycles. The number of nitrogens with zero attached hydrogens (tertiary/aromatic N) is 1. The van der Waals surface area contributed by atoms with E-state index in [9.17, 15) is 0 Å². The maximum absolute atomic E-state index is 3.74. The van der Waals surface area contributed by atoms with Crippen LogP contribution in [-0.2, 0) is 0 Å². The summed E-state index contributed by atoms with van der Waals surface area (Å²) in [4.78, 5) is 2.62. The molecule has 0 aromatic carbocycles. The van der Waals surface area contributed by atoms with Crippen LogP contribution in [0.15, 0.2) is 0 Å². The third-order valence-electron chi connectivity index (χ3n) is 3.79. The van der Waals surface area contributed by atoms with Crippen LogP contribution < -0.4 is 5.32 Å². The van der Waals surface area contributed by atoms with Crippen molar-refractivity contribution in [2.75, 3.05) is 19.6 Å². The molecule has 2 nitrogen and oxygen atoms in total. The van der Waals surface area contributed by atoms with Crippen molar-refractivity contribution in [3.63, 3.8) is 0 Å². The van der Waals surface area contributed by atoms with Crippen molar-refractivity contribution in [1.29, 1.82) is 0 Å². The highest BCUT2D eigenvalue weighted by Gasteiger charge is 2.14. The summed E-state index contributed by atoms with van der Waals surface area (Å²) < 4.78 is 0. The van der Waals surface area contributed by atoms with Crippen molar-refractivity contribution in [3.8, 4) is 0 Å². The summed E-state index contributed by atoms with van der Waals surface area (Å²) in [6.07, 6.45) is 9.66. The molecule has 1 rings (SSSR count). The molecule has 0 amide bonds. The van der Waals surface area contributed by atoms with Gasteiger partial charge < -0.3 is 10.2 Å². The maximum Gasteiger partial charge on any atom is 0.0169 e. The molecular formula is C15H32N2. The van der Waals surface area contributed by atoms with E-state index in [1.807, 2.05) is 0 Å². The molecule has 1 aliphatic rings. The Hall–Kier alpha value is -0.0800. The minimum Gasteiger partial charge on any atom is -0.311 e. The lowest BCUT2D eigenvalue weighted by atomic mass is 10.1. The van der Waals surface area contributed by atoms with E-state index in [2.05, 4.69) is 31.0 Å². The first kappa shape index (κ1) is 15.0. The zero-order valence-corrected chi connectivity index (χ0v) is 12.2. The number of hydrogen-bond acceptors (Lipinski definition) is 2. The van der Waals surface area contributed by atoms with Crippen LogP contribution in [0.1, 0.15) is 65.7 Å². The van der Waals surface area contributed by atoms with E-state index < -0.39 is 0 Å². The van der Waals surface area contributed by atoms with Crippen LogP contribution in [0, 0.1) is 0 Å². The molecule has 1 N–H and O–H groups in total. The highest BCUT2D eigenvalue weighted by molar-refractivity contribution is 4.73. The van der Waals surface area contributed by atoms with E-state index >= 15 is 0 Å². The van der Waals surface area contributed by atoms with E-state index in [0.29, 0.717) is 12.1 Å². The summed E-state index contributed by atoms with van der Waals surface area (Å²) in [5, 5.41) is 3.74. The molecule has 102 valence electrons. The first-order chi connectivity index (χ1) is 8.22. The first-order valence-corrected chi connectivity index (χ1v) is 7.70. The van der Waals surface area contributed by atoms with Crippen LogP contribution in [0.25, 0.3) is 0 Å². The Morgan fingerprint density at radius 2 is 1.71 bits per heavy atom. The van der Waals surface area contributed by atoms with Crippen LogP contribution >= 0.6 is 0 Å². The minimum atomic E-state index is 0.643. The molecule has 0 aromatic heterocycles. The third kappa shape index (κ3) is 7.05. The second kappa shape index (κ2) is 8.93. The van der Waals surface area contributed by atoms with E-state index in [0.717, 1.165) is 0 Å². The highest BCUT2D eigenvalue weighted by atomic mass is 15.2. The first-order valence-electron chi connectivity index (χ1n) is 7.70. The minimum absolute atomic E-state index is 0.643. The van der Waals surface area contributed by atoms with Gasteiger partial charge in [-0.2, -0.15) is 0 Å². The van der Waals surface area contributed by atoms with Crippen molar-refractivity contribution < 1.29 is 0 Å². The zero-order valence-electron chi connectivity index (χ0n) is 12.2. The Kier molecular flexibility index (Phi) is 7.87. The Balaban J connectivity index is 2.07. The fraction of sp³-hybridized carbons (Fsp3) is 1.00. The monoisotopic (exact) mass is 240 g/mol. The topological polar surface area (TPSA) is 15.3 Å². The Morgan fingerprint density at radius 3 is 2.35 bits per heavy atom. The van der Waals surface area contributed by atoms with Crippen molar-refractivity contribution in [1.82, 2.24) is 10.2 Å². The summed E-state index contributed by atoms with van der Waals surface area (Å²) in [5.41, 5.74) is 0. The van der Waals surface area contributed by atoms with Gasteiger partial charge in [0.15, 0.2) is 0 Å². The van der Waals surface area contributed by atoms with Crippen molar-refractivity contribution in [2.24, 2.45) is 0 Å².